The molecule has 0 aliphatic heterocycles. The first kappa shape index (κ1) is 13.3. The summed E-state index contributed by atoms with van der Waals surface area (Å²) in [5.74, 6) is 1.51. The maximum atomic E-state index is 5.94. The third-order valence-corrected chi connectivity index (χ3v) is 3.54. The van der Waals surface area contributed by atoms with E-state index in [0.29, 0.717) is 5.88 Å². The van der Waals surface area contributed by atoms with E-state index in [-0.39, 0.29) is 5.54 Å². The average molecular weight is 242 g/mol. The molecule has 0 amide bonds. The lowest BCUT2D eigenvalue weighted by Gasteiger charge is -2.27. The molecule has 2 nitrogen and oxygen atoms in total. The Labute approximate surface area is 103 Å². The zero-order valence-electron chi connectivity index (χ0n) is 10.2. The van der Waals surface area contributed by atoms with Crippen molar-refractivity contribution < 1.29 is 4.74 Å². The average Bonchev–Trinajstić information content (AvgIpc) is 2.36. The first-order valence-corrected chi connectivity index (χ1v) is 6.11. The fraction of sp³-hybridized carbons (Fsp3) is 0.538. The number of benzene rings is 1. The van der Waals surface area contributed by atoms with Crippen molar-refractivity contribution >= 4 is 11.6 Å². The van der Waals surface area contributed by atoms with Gasteiger partial charge in [0.25, 0.3) is 0 Å². The van der Waals surface area contributed by atoms with Crippen LogP contribution < -0.4 is 10.1 Å². The predicted molar refractivity (Wildman–Crippen MR) is 69.2 cm³/mol. The number of hydrogen-bond donors (Lipinski definition) is 1. The van der Waals surface area contributed by atoms with Crippen LogP contribution in [0.2, 0.25) is 0 Å². The van der Waals surface area contributed by atoms with E-state index in [1.54, 1.807) is 7.11 Å². The number of rotatable bonds is 6. The van der Waals surface area contributed by atoms with Crippen LogP contribution in [0.1, 0.15) is 25.8 Å². The Morgan fingerprint density at radius 3 is 2.38 bits per heavy atom. The molecule has 3 heteroatoms. The summed E-state index contributed by atoms with van der Waals surface area (Å²) in [5.41, 5.74) is 1.26. The van der Waals surface area contributed by atoms with Crippen molar-refractivity contribution in [1.29, 1.82) is 0 Å². The normalized spacial score (nSPS) is 14.5. The van der Waals surface area contributed by atoms with Crippen LogP contribution >= 0.6 is 11.6 Å². The van der Waals surface area contributed by atoms with Gasteiger partial charge >= 0.3 is 0 Å². The van der Waals surface area contributed by atoms with Gasteiger partial charge in [0.1, 0.15) is 5.75 Å². The lowest BCUT2D eigenvalue weighted by atomic mass is 10.0. The Hall–Kier alpha value is -0.730. The predicted octanol–water partition coefficient (Wildman–Crippen LogP) is 3.19. The Morgan fingerprint density at radius 1 is 1.31 bits per heavy atom. The molecule has 0 fully saturated rings. The Bertz CT molecular complexity index is 306. The molecule has 1 aromatic rings. The van der Waals surface area contributed by atoms with Crippen molar-refractivity contribution in [2.24, 2.45) is 0 Å². The number of ether oxygens (including phenoxy) is 1. The Morgan fingerprint density at radius 2 is 1.94 bits per heavy atom. The van der Waals surface area contributed by atoms with Gasteiger partial charge in [-0.15, -0.1) is 11.6 Å². The molecule has 1 N–H and O–H groups in total. The van der Waals surface area contributed by atoms with Gasteiger partial charge in [0.2, 0.25) is 0 Å². The molecular weight excluding hydrogens is 222 g/mol. The fourth-order valence-corrected chi connectivity index (χ4v) is 1.61. The smallest absolute Gasteiger partial charge is 0.118 e. The molecule has 0 saturated heterocycles. The molecule has 0 aliphatic carbocycles. The molecule has 0 aromatic heterocycles. The summed E-state index contributed by atoms with van der Waals surface area (Å²) in [5, 5.41) is 3.48. The summed E-state index contributed by atoms with van der Waals surface area (Å²) >= 11 is 5.94. The molecule has 0 radical (unpaired) electrons. The Balaban J connectivity index is 2.54. The van der Waals surface area contributed by atoms with Crippen LogP contribution in [0.5, 0.6) is 5.75 Å². The van der Waals surface area contributed by atoms with Gasteiger partial charge < -0.3 is 10.1 Å². The van der Waals surface area contributed by atoms with Crippen molar-refractivity contribution in [1.82, 2.24) is 5.32 Å². The highest BCUT2D eigenvalue weighted by Gasteiger charge is 2.19. The maximum absolute atomic E-state index is 5.94. The van der Waals surface area contributed by atoms with Crippen LogP contribution in [0.25, 0.3) is 0 Å². The van der Waals surface area contributed by atoms with Crippen molar-refractivity contribution in [3.05, 3.63) is 29.8 Å². The van der Waals surface area contributed by atoms with Crippen LogP contribution in [0.4, 0.5) is 0 Å². The van der Waals surface area contributed by atoms with Gasteiger partial charge in [-0.3, -0.25) is 0 Å². The number of nitrogens with one attached hydrogen (secondary N) is 1. The quantitative estimate of drug-likeness (QED) is 0.773. The van der Waals surface area contributed by atoms with E-state index < -0.39 is 0 Å². The third-order valence-electron chi connectivity index (χ3n) is 2.95. The molecule has 16 heavy (non-hydrogen) atoms. The first-order valence-electron chi connectivity index (χ1n) is 5.57. The fourth-order valence-electron chi connectivity index (χ4n) is 1.33. The van der Waals surface area contributed by atoms with E-state index >= 15 is 0 Å². The van der Waals surface area contributed by atoms with E-state index in [9.17, 15) is 0 Å². The zero-order chi connectivity index (χ0) is 12.0. The molecule has 0 aliphatic rings. The standard InChI is InChI=1S/C13H20ClNO/c1-4-13(2,10-14)15-9-11-5-7-12(16-3)8-6-11/h5-8,15H,4,9-10H2,1-3H3. The zero-order valence-corrected chi connectivity index (χ0v) is 11.0. The van der Waals surface area contributed by atoms with Crippen molar-refractivity contribution in [2.45, 2.75) is 32.4 Å². The summed E-state index contributed by atoms with van der Waals surface area (Å²) in [4.78, 5) is 0. The summed E-state index contributed by atoms with van der Waals surface area (Å²) in [6.07, 6.45) is 1.02. The van der Waals surface area contributed by atoms with Gasteiger partial charge in [-0.25, -0.2) is 0 Å². The largest absolute Gasteiger partial charge is 0.497 e. The van der Waals surface area contributed by atoms with E-state index in [0.717, 1.165) is 18.7 Å². The first-order chi connectivity index (χ1) is 7.63. The van der Waals surface area contributed by atoms with Gasteiger partial charge in [-0.2, -0.15) is 0 Å². The molecule has 0 heterocycles. The molecule has 1 unspecified atom stereocenters. The second kappa shape index (κ2) is 6.12. The molecule has 1 rings (SSSR count). The van der Waals surface area contributed by atoms with Gasteiger partial charge in [0.15, 0.2) is 0 Å². The van der Waals surface area contributed by atoms with Crippen molar-refractivity contribution in [3.8, 4) is 5.75 Å². The summed E-state index contributed by atoms with van der Waals surface area (Å²) in [6.45, 7) is 5.12. The third kappa shape index (κ3) is 3.69. The highest BCUT2D eigenvalue weighted by molar-refractivity contribution is 6.18. The van der Waals surface area contributed by atoms with E-state index in [1.807, 2.05) is 12.1 Å². The summed E-state index contributed by atoms with van der Waals surface area (Å²) < 4.78 is 5.12. The number of halogens is 1. The van der Waals surface area contributed by atoms with E-state index in [1.165, 1.54) is 5.56 Å². The second-order valence-electron chi connectivity index (χ2n) is 4.25. The van der Waals surface area contributed by atoms with Gasteiger partial charge in [0.05, 0.1) is 7.11 Å². The highest BCUT2D eigenvalue weighted by Crippen LogP contribution is 2.14. The molecule has 0 bridgehead atoms. The van der Waals surface area contributed by atoms with E-state index in [2.05, 4.69) is 31.3 Å². The molecule has 1 aromatic carbocycles. The van der Waals surface area contributed by atoms with Gasteiger partial charge in [-0.1, -0.05) is 19.1 Å². The number of alkyl halides is 1. The summed E-state index contributed by atoms with van der Waals surface area (Å²) in [6, 6.07) is 8.08. The van der Waals surface area contributed by atoms with Crippen LogP contribution in [-0.2, 0) is 6.54 Å². The molecule has 0 spiro atoms. The molecule has 0 saturated carbocycles. The second-order valence-corrected chi connectivity index (χ2v) is 4.52. The monoisotopic (exact) mass is 241 g/mol. The summed E-state index contributed by atoms with van der Waals surface area (Å²) in [7, 11) is 1.68. The number of methoxy groups -OCH3 is 1. The molecule has 1 atom stereocenters. The van der Waals surface area contributed by atoms with Gasteiger partial charge in [0, 0.05) is 18.0 Å². The van der Waals surface area contributed by atoms with Crippen LogP contribution in [0, 0.1) is 0 Å². The van der Waals surface area contributed by atoms with Gasteiger partial charge in [-0.05, 0) is 31.0 Å². The molecular formula is C13H20ClNO. The van der Waals surface area contributed by atoms with Crippen molar-refractivity contribution in [3.63, 3.8) is 0 Å². The van der Waals surface area contributed by atoms with E-state index in [4.69, 9.17) is 16.3 Å². The SMILES string of the molecule is CCC(C)(CCl)NCc1ccc(OC)cc1. The minimum atomic E-state index is 0.0154. The minimum Gasteiger partial charge on any atom is -0.497 e. The highest BCUT2D eigenvalue weighted by atomic mass is 35.5. The van der Waals surface area contributed by atoms with Crippen LogP contribution in [0.15, 0.2) is 24.3 Å². The van der Waals surface area contributed by atoms with Crippen molar-refractivity contribution in [2.75, 3.05) is 13.0 Å². The Kier molecular flexibility index (Phi) is 5.10. The lowest BCUT2D eigenvalue weighted by Crippen LogP contribution is -2.42. The minimum absolute atomic E-state index is 0.0154. The lowest BCUT2D eigenvalue weighted by molar-refractivity contribution is 0.379. The van der Waals surface area contributed by atoms with Crippen LogP contribution in [-0.4, -0.2) is 18.5 Å². The number of hydrogen-bond acceptors (Lipinski definition) is 2. The topological polar surface area (TPSA) is 21.3 Å². The maximum Gasteiger partial charge on any atom is 0.118 e. The molecule has 90 valence electrons. The van der Waals surface area contributed by atoms with Crippen LogP contribution in [0.3, 0.4) is 0 Å².